The summed E-state index contributed by atoms with van der Waals surface area (Å²) >= 11 is 0. The summed E-state index contributed by atoms with van der Waals surface area (Å²) in [5, 5.41) is 2.36. The summed E-state index contributed by atoms with van der Waals surface area (Å²) < 4.78 is 10.9. The first-order chi connectivity index (χ1) is 16.5. The molecule has 1 aromatic carbocycles. The van der Waals surface area contributed by atoms with Crippen LogP contribution in [0.4, 0.5) is 0 Å². The molecule has 3 N–H and O–H groups in total. The smallest absolute Gasteiger partial charge is 0.255 e. The highest BCUT2D eigenvalue weighted by Crippen LogP contribution is 2.30. The second-order valence-corrected chi connectivity index (χ2v) is 9.39. The molecule has 9 heteroatoms. The van der Waals surface area contributed by atoms with E-state index in [4.69, 9.17) is 15.2 Å². The number of nitrogens with two attached hydrogens (primary N) is 1. The fraction of sp³-hybridized carbons (Fsp3) is 0.640. The molecule has 3 aliphatic rings. The van der Waals surface area contributed by atoms with Crippen LogP contribution in [0.2, 0.25) is 0 Å². The number of piperidine rings is 2. The van der Waals surface area contributed by atoms with Crippen LogP contribution in [0.25, 0.3) is 0 Å². The van der Waals surface area contributed by atoms with Gasteiger partial charge in [0.15, 0.2) is 0 Å². The third-order valence-corrected chi connectivity index (χ3v) is 7.01. The number of likely N-dealkylation sites (tertiary alicyclic amines) is 1. The number of nitrogens with zero attached hydrogens (tertiary/aromatic N) is 2. The van der Waals surface area contributed by atoms with Gasteiger partial charge in [0.2, 0.25) is 11.8 Å². The van der Waals surface area contributed by atoms with E-state index in [1.165, 1.54) is 5.56 Å². The average Bonchev–Trinajstić information content (AvgIpc) is 3.15. The van der Waals surface area contributed by atoms with Gasteiger partial charge in [0.25, 0.3) is 5.91 Å². The molecule has 0 radical (unpaired) electrons. The number of carbonyl (C=O) groups excluding carboxylic acids is 3. The summed E-state index contributed by atoms with van der Waals surface area (Å²) in [5.74, 6) is -0.116. The van der Waals surface area contributed by atoms with Crippen LogP contribution in [0.3, 0.4) is 0 Å². The van der Waals surface area contributed by atoms with E-state index < -0.39 is 6.04 Å². The highest BCUT2D eigenvalue weighted by Gasteiger charge is 2.39. The highest BCUT2D eigenvalue weighted by atomic mass is 16.5. The lowest BCUT2D eigenvalue weighted by Gasteiger charge is -2.32. The Bertz CT molecular complexity index is 884. The van der Waals surface area contributed by atoms with Gasteiger partial charge in [0.1, 0.15) is 6.04 Å². The topological polar surface area (TPSA) is 114 Å². The fourth-order valence-corrected chi connectivity index (χ4v) is 5.10. The normalized spacial score (nSPS) is 21.7. The van der Waals surface area contributed by atoms with E-state index in [1.54, 1.807) is 4.90 Å². The van der Waals surface area contributed by atoms with Crippen molar-refractivity contribution in [3.63, 3.8) is 0 Å². The van der Waals surface area contributed by atoms with Crippen molar-refractivity contribution in [2.24, 2.45) is 11.7 Å². The number of fused-ring (bicyclic) bond motifs is 1. The van der Waals surface area contributed by atoms with Crippen LogP contribution < -0.4 is 11.1 Å². The molecule has 9 nitrogen and oxygen atoms in total. The van der Waals surface area contributed by atoms with Crippen LogP contribution in [0.5, 0.6) is 0 Å². The van der Waals surface area contributed by atoms with Crippen molar-refractivity contribution in [3.05, 3.63) is 34.9 Å². The van der Waals surface area contributed by atoms with Crippen molar-refractivity contribution in [1.82, 2.24) is 15.1 Å². The van der Waals surface area contributed by atoms with Crippen molar-refractivity contribution in [1.29, 1.82) is 0 Å². The predicted molar refractivity (Wildman–Crippen MR) is 126 cm³/mol. The number of hydrogen-bond donors (Lipinski definition) is 2. The van der Waals surface area contributed by atoms with E-state index in [1.807, 2.05) is 6.07 Å². The number of amides is 3. The van der Waals surface area contributed by atoms with Crippen LogP contribution in [-0.2, 0) is 32.0 Å². The molecule has 1 aromatic rings. The lowest BCUT2D eigenvalue weighted by Crippen LogP contribution is -2.52. The van der Waals surface area contributed by atoms with Gasteiger partial charge in [0.05, 0.1) is 26.4 Å². The molecule has 0 spiro atoms. The molecule has 0 saturated carbocycles. The van der Waals surface area contributed by atoms with Crippen LogP contribution >= 0.6 is 0 Å². The Morgan fingerprint density at radius 2 is 1.76 bits per heavy atom. The van der Waals surface area contributed by atoms with Crippen LogP contribution in [-0.4, -0.2) is 86.2 Å². The van der Waals surface area contributed by atoms with Crippen LogP contribution in [0, 0.1) is 5.92 Å². The van der Waals surface area contributed by atoms with Gasteiger partial charge in [-0.2, -0.15) is 0 Å². The number of ether oxygens (including phenoxy) is 2. The van der Waals surface area contributed by atoms with E-state index in [-0.39, 0.29) is 24.1 Å². The predicted octanol–water partition coefficient (Wildman–Crippen LogP) is 0.694. The Hall–Kier alpha value is -2.33. The maximum Gasteiger partial charge on any atom is 0.255 e. The monoisotopic (exact) mass is 472 g/mol. The summed E-state index contributed by atoms with van der Waals surface area (Å²) in [6.45, 7) is 6.57. The van der Waals surface area contributed by atoms with Crippen molar-refractivity contribution in [3.8, 4) is 0 Å². The first-order valence-corrected chi connectivity index (χ1v) is 12.4. The first-order valence-electron chi connectivity index (χ1n) is 12.4. The molecule has 2 fully saturated rings. The number of rotatable bonds is 11. The van der Waals surface area contributed by atoms with Crippen molar-refractivity contribution in [2.75, 3.05) is 52.6 Å². The van der Waals surface area contributed by atoms with E-state index in [0.29, 0.717) is 50.8 Å². The summed E-state index contributed by atoms with van der Waals surface area (Å²) in [6, 6.07) is 5.53. The summed E-state index contributed by atoms with van der Waals surface area (Å²) in [4.78, 5) is 40.6. The molecule has 0 bridgehead atoms. The number of hydrogen-bond acceptors (Lipinski definition) is 7. The summed E-state index contributed by atoms with van der Waals surface area (Å²) in [7, 11) is 0. The second kappa shape index (κ2) is 11.9. The van der Waals surface area contributed by atoms with Crippen molar-refractivity contribution < 1.29 is 23.9 Å². The van der Waals surface area contributed by atoms with Gasteiger partial charge in [-0.3, -0.25) is 19.7 Å². The Kier molecular flexibility index (Phi) is 8.66. The number of benzene rings is 1. The molecule has 4 rings (SSSR count). The van der Waals surface area contributed by atoms with Crippen molar-refractivity contribution >= 4 is 17.7 Å². The van der Waals surface area contributed by atoms with Gasteiger partial charge in [0, 0.05) is 31.6 Å². The molecule has 34 heavy (non-hydrogen) atoms. The zero-order valence-corrected chi connectivity index (χ0v) is 19.8. The van der Waals surface area contributed by atoms with Crippen LogP contribution in [0.1, 0.15) is 47.2 Å². The molecular weight excluding hydrogens is 436 g/mol. The SMILES string of the molecule is NCCOCCOCCN1CCC(Cc2ccc3c(c2)CN(C2CCC(=O)NC2=O)C3=O)CC1. The second-order valence-electron chi connectivity index (χ2n) is 9.39. The maximum absolute atomic E-state index is 12.9. The third-order valence-electron chi connectivity index (χ3n) is 7.01. The molecule has 2 saturated heterocycles. The van der Waals surface area contributed by atoms with Gasteiger partial charge in [-0.25, -0.2) is 0 Å². The zero-order valence-electron chi connectivity index (χ0n) is 19.8. The molecule has 1 unspecified atom stereocenters. The quantitative estimate of drug-likeness (QED) is 0.360. The minimum atomic E-state index is -0.562. The number of carbonyl (C=O) groups is 3. The van der Waals surface area contributed by atoms with Gasteiger partial charge >= 0.3 is 0 Å². The molecule has 3 aliphatic heterocycles. The molecular formula is C25H36N4O5. The van der Waals surface area contributed by atoms with Gasteiger partial charge < -0.3 is 25.0 Å². The number of imide groups is 1. The van der Waals surface area contributed by atoms with Gasteiger partial charge in [-0.1, -0.05) is 12.1 Å². The Morgan fingerprint density at radius 3 is 2.50 bits per heavy atom. The maximum atomic E-state index is 12.9. The first kappa shape index (κ1) is 24.8. The molecule has 3 amide bonds. The van der Waals surface area contributed by atoms with E-state index in [2.05, 4.69) is 22.3 Å². The lowest BCUT2D eigenvalue weighted by molar-refractivity contribution is -0.136. The Labute approximate surface area is 200 Å². The van der Waals surface area contributed by atoms with E-state index in [9.17, 15) is 14.4 Å². The highest BCUT2D eigenvalue weighted by molar-refractivity contribution is 6.05. The minimum absolute atomic E-state index is 0.113. The number of nitrogens with one attached hydrogen (secondary N) is 1. The van der Waals surface area contributed by atoms with Crippen LogP contribution in [0.15, 0.2) is 18.2 Å². The third kappa shape index (κ3) is 6.21. The van der Waals surface area contributed by atoms with E-state index in [0.717, 1.165) is 51.1 Å². The fourth-order valence-electron chi connectivity index (χ4n) is 5.10. The largest absolute Gasteiger partial charge is 0.378 e. The molecule has 3 heterocycles. The van der Waals surface area contributed by atoms with Gasteiger partial charge in [-0.05, 0) is 61.9 Å². The molecule has 0 aliphatic carbocycles. The molecule has 186 valence electrons. The van der Waals surface area contributed by atoms with Crippen molar-refractivity contribution in [2.45, 2.75) is 44.7 Å². The van der Waals surface area contributed by atoms with Gasteiger partial charge in [-0.15, -0.1) is 0 Å². The van der Waals surface area contributed by atoms with E-state index >= 15 is 0 Å². The minimum Gasteiger partial charge on any atom is -0.378 e. The Balaban J connectivity index is 1.21. The standard InChI is InChI=1S/C25H36N4O5/c26-7-11-33-13-14-34-12-10-28-8-5-18(6-9-28)15-19-1-2-21-20(16-19)17-29(25(21)32)22-3-4-23(30)27-24(22)31/h1-2,16,18,22H,3-15,17,26H2,(H,27,30,31). The summed E-state index contributed by atoms with van der Waals surface area (Å²) in [5.41, 5.74) is 8.29. The zero-order chi connectivity index (χ0) is 23.9. The Morgan fingerprint density at radius 1 is 1.00 bits per heavy atom. The average molecular weight is 473 g/mol. The molecule has 1 atom stereocenters. The molecule has 0 aromatic heterocycles. The lowest BCUT2D eigenvalue weighted by atomic mass is 9.89. The summed E-state index contributed by atoms with van der Waals surface area (Å²) in [6.07, 6.45) is 3.97.